The van der Waals surface area contributed by atoms with Crippen molar-refractivity contribution < 1.29 is 13.7 Å². The van der Waals surface area contributed by atoms with Crippen LogP contribution < -0.4 is 5.32 Å². The Morgan fingerprint density at radius 3 is 2.67 bits per heavy atom. The maximum absolute atomic E-state index is 12.9. The first-order valence-electron chi connectivity index (χ1n) is 6.64. The van der Waals surface area contributed by atoms with E-state index in [-0.39, 0.29) is 24.3 Å². The summed E-state index contributed by atoms with van der Waals surface area (Å²) in [4.78, 5) is 13.8. The molecular weight excluding hydrogens is 273 g/mol. The molecule has 0 bridgehead atoms. The van der Waals surface area contributed by atoms with Gasteiger partial charge in [0.1, 0.15) is 11.6 Å². The van der Waals surface area contributed by atoms with Crippen LogP contribution in [-0.4, -0.2) is 29.6 Å². The van der Waals surface area contributed by atoms with E-state index >= 15 is 0 Å². The number of aryl methyl sites for hydroxylation is 1. The molecule has 0 aliphatic rings. The molecule has 0 radical (unpaired) electrons. The number of hydrogen-bond donors (Lipinski definition) is 1. The first kappa shape index (κ1) is 15.2. The first-order chi connectivity index (χ1) is 9.95. The number of likely N-dealkylation sites (N-methyl/N-ethyl adjacent to an activating group) is 1. The Kier molecular flexibility index (Phi) is 4.70. The SMILES string of the molecule is Cc1cc(NC(=O)CN(C)C(C)c2ccc(F)cc2)no1. The molecule has 0 aliphatic carbocycles. The second-order valence-electron chi connectivity index (χ2n) is 5.01. The Morgan fingerprint density at radius 1 is 1.43 bits per heavy atom. The summed E-state index contributed by atoms with van der Waals surface area (Å²) in [5.41, 5.74) is 0.948. The number of anilines is 1. The summed E-state index contributed by atoms with van der Waals surface area (Å²) >= 11 is 0. The average Bonchev–Trinajstić information content (AvgIpc) is 2.83. The van der Waals surface area contributed by atoms with Crippen LogP contribution in [-0.2, 0) is 4.79 Å². The predicted octanol–water partition coefficient (Wildman–Crippen LogP) is 2.75. The topological polar surface area (TPSA) is 58.4 Å². The first-order valence-corrected chi connectivity index (χ1v) is 6.64. The molecule has 1 N–H and O–H groups in total. The maximum atomic E-state index is 12.9. The van der Waals surface area contributed by atoms with E-state index in [0.29, 0.717) is 11.6 Å². The quantitative estimate of drug-likeness (QED) is 0.920. The van der Waals surface area contributed by atoms with Crippen LogP contribution in [0.1, 0.15) is 24.3 Å². The van der Waals surface area contributed by atoms with E-state index in [2.05, 4.69) is 10.5 Å². The highest BCUT2D eigenvalue weighted by Crippen LogP contribution is 2.18. The number of benzene rings is 1. The van der Waals surface area contributed by atoms with Gasteiger partial charge in [-0.05, 0) is 38.6 Å². The van der Waals surface area contributed by atoms with E-state index in [1.165, 1.54) is 12.1 Å². The van der Waals surface area contributed by atoms with Crippen LogP contribution in [0.2, 0.25) is 0 Å². The molecule has 0 saturated carbocycles. The molecule has 2 aromatic rings. The van der Waals surface area contributed by atoms with Crippen molar-refractivity contribution >= 4 is 11.7 Å². The molecule has 6 heteroatoms. The molecule has 0 spiro atoms. The second kappa shape index (κ2) is 6.49. The van der Waals surface area contributed by atoms with Gasteiger partial charge in [0.05, 0.1) is 6.54 Å². The Bertz CT molecular complexity index is 610. The van der Waals surface area contributed by atoms with Crippen molar-refractivity contribution in [2.24, 2.45) is 0 Å². The third-order valence-corrected chi connectivity index (χ3v) is 3.30. The molecule has 0 saturated heterocycles. The largest absolute Gasteiger partial charge is 0.360 e. The van der Waals surface area contributed by atoms with Gasteiger partial charge < -0.3 is 9.84 Å². The standard InChI is InChI=1S/C15H18FN3O2/c1-10-8-14(18-21-10)17-15(20)9-19(3)11(2)12-4-6-13(16)7-5-12/h4-8,11H,9H2,1-3H3,(H,17,18,20). The van der Waals surface area contributed by atoms with E-state index in [9.17, 15) is 9.18 Å². The van der Waals surface area contributed by atoms with Gasteiger partial charge in [0.25, 0.3) is 0 Å². The normalized spacial score (nSPS) is 12.4. The van der Waals surface area contributed by atoms with Crippen LogP contribution in [0.3, 0.4) is 0 Å². The van der Waals surface area contributed by atoms with E-state index in [4.69, 9.17) is 4.52 Å². The highest BCUT2D eigenvalue weighted by atomic mass is 19.1. The van der Waals surface area contributed by atoms with Gasteiger partial charge in [0, 0.05) is 12.1 Å². The van der Waals surface area contributed by atoms with Crippen molar-refractivity contribution in [3.05, 3.63) is 47.5 Å². The van der Waals surface area contributed by atoms with E-state index in [0.717, 1.165) is 5.56 Å². The molecule has 1 aromatic heterocycles. The summed E-state index contributed by atoms with van der Waals surface area (Å²) in [6.45, 7) is 3.91. The fourth-order valence-corrected chi connectivity index (χ4v) is 1.97. The lowest BCUT2D eigenvalue weighted by atomic mass is 10.1. The Labute approximate surface area is 122 Å². The summed E-state index contributed by atoms with van der Waals surface area (Å²) in [6, 6.07) is 7.91. The summed E-state index contributed by atoms with van der Waals surface area (Å²) in [5, 5.41) is 6.37. The summed E-state index contributed by atoms with van der Waals surface area (Å²) in [6.07, 6.45) is 0. The minimum atomic E-state index is -0.271. The van der Waals surface area contributed by atoms with Crippen molar-refractivity contribution in [1.29, 1.82) is 0 Å². The van der Waals surface area contributed by atoms with E-state index < -0.39 is 0 Å². The van der Waals surface area contributed by atoms with Crippen LogP contribution in [0.5, 0.6) is 0 Å². The number of amides is 1. The second-order valence-corrected chi connectivity index (χ2v) is 5.01. The number of nitrogens with zero attached hydrogens (tertiary/aromatic N) is 2. The fourth-order valence-electron chi connectivity index (χ4n) is 1.97. The van der Waals surface area contributed by atoms with Crippen LogP contribution in [0.25, 0.3) is 0 Å². The smallest absolute Gasteiger partial charge is 0.239 e. The van der Waals surface area contributed by atoms with Crippen molar-refractivity contribution in [2.45, 2.75) is 19.9 Å². The lowest BCUT2D eigenvalue weighted by Gasteiger charge is -2.24. The third-order valence-electron chi connectivity index (χ3n) is 3.30. The van der Waals surface area contributed by atoms with Crippen molar-refractivity contribution in [3.63, 3.8) is 0 Å². The molecule has 0 fully saturated rings. The third kappa shape index (κ3) is 4.13. The summed E-state index contributed by atoms with van der Waals surface area (Å²) in [5.74, 6) is 0.589. The van der Waals surface area contributed by atoms with E-state index in [1.807, 2.05) is 18.9 Å². The summed E-state index contributed by atoms with van der Waals surface area (Å²) < 4.78 is 17.8. The van der Waals surface area contributed by atoms with Gasteiger partial charge in [0.2, 0.25) is 5.91 Å². The van der Waals surface area contributed by atoms with Crippen LogP contribution >= 0.6 is 0 Å². The minimum absolute atomic E-state index is 0.00426. The number of carbonyl (C=O) groups is 1. The number of rotatable bonds is 5. The maximum Gasteiger partial charge on any atom is 0.239 e. The van der Waals surface area contributed by atoms with Crippen molar-refractivity contribution in [2.75, 3.05) is 18.9 Å². The van der Waals surface area contributed by atoms with Crippen LogP contribution in [0, 0.1) is 12.7 Å². The number of nitrogens with one attached hydrogen (secondary N) is 1. The minimum Gasteiger partial charge on any atom is -0.360 e. The predicted molar refractivity (Wildman–Crippen MR) is 77.3 cm³/mol. The molecule has 0 aliphatic heterocycles. The molecule has 21 heavy (non-hydrogen) atoms. The molecule has 1 unspecified atom stereocenters. The Balaban J connectivity index is 1.92. The fraction of sp³-hybridized carbons (Fsp3) is 0.333. The lowest BCUT2D eigenvalue weighted by molar-refractivity contribution is -0.117. The van der Waals surface area contributed by atoms with Gasteiger partial charge in [-0.15, -0.1) is 0 Å². The Hall–Kier alpha value is -2.21. The van der Waals surface area contributed by atoms with Gasteiger partial charge in [0.15, 0.2) is 5.82 Å². The number of carbonyl (C=O) groups excluding carboxylic acids is 1. The van der Waals surface area contributed by atoms with Gasteiger partial charge in [-0.25, -0.2) is 4.39 Å². The molecule has 2 rings (SSSR count). The highest BCUT2D eigenvalue weighted by molar-refractivity contribution is 5.91. The zero-order valence-corrected chi connectivity index (χ0v) is 12.3. The summed E-state index contributed by atoms with van der Waals surface area (Å²) in [7, 11) is 1.83. The van der Waals surface area contributed by atoms with Crippen molar-refractivity contribution in [1.82, 2.24) is 10.1 Å². The lowest BCUT2D eigenvalue weighted by Crippen LogP contribution is -2.32. The molecule has 5 nitrogen and oxygen atoms in total. The zero-order chi connectivity index (χ0) is 15.4. The van der Waals surface area contributed by atoms with Crippen LogP contribution in [0.4, 0.5) is 10.2 Å². The van der Waals surface area contributed by atoms with Gasteiger partial charge in [-0.3, -0.25) is 9.69 Å². The number of aromatic nitrogens is 1. The molecule has 1 heterocycles. The zero-order valence-electron chi connectivity index (χ0n) is 12.3. The molecule has 1 atom stereocenters. The Morgan fingerprint density at radius 2 is 2.10 bits per heavy atom. The van der Waals surface area contributed by atoms with Gasteiger partial charge in [-0.1, -0.05) is 17.3 Å². The van der Waals surface area contributed by atoms with Gasteiger partial charge in [-0.2, -0.15) is 0 Å². The number of halogens is 1. The average molecular weight is 291 g/mol. The van der Waals surface area contributed by atoms with E-state index in [1.54, 1.807) is 25.1 Å². The number of hydrogen-bond acceptors (Lipinski definition) is 4. The molecule has 1 amide bonds. The van der Waals surface area contributed by atoms with Gasteiger partial charge >= 0.3 is 0 Å². The van der Waals surface area contributed by atoms with Crippen LogP contribution in [0.15, 0.2) is 34.9 Å². The molecule has 112 valence electrons. The molecular formula is C15H18FN3O2. The molecule has 1 aromatic carbocycles. The highest BCUT2D eigenvalue weighted by Gasteiger charge is 2.15. The van der Waals surface area contributed by atoms with Crippen molar-refractivity contribution in [3.8, 4) is 0 Å². The monoisotopic (exact) mass is 291 g/mol.